The van der Waals surface area contributed by atoms with Crippen molar-refractivity contribution in [2.24, 2.45) is 0 Å². The summed E-state index contributed by atoms with van der Waals surface area (Å²) in [5, 5.41) is 0. The molecule has 1 fully saturated rings. The van der Waals surface area contributed by atoms with Crippen LogP contribution in [0.3, 0.4) is 0 Å². The number of halogens is 1. The highest BCUT2D eigenvalue weighted by molar-refractivity contribution is 7.91. The summed E-state index contributed by atoms with van der Waals surface area (Å²) in [4.78, 5) is 0.0942. The third-order valence-corrected chi connectivity index (χ3v) is 8.11. The molecule has 140 valence electrons. The topological polar surface area (TPSA) is 80.3 Å². The van der Waals surface area contributed by atoms with Crippen molar-refractivity contribution in [3.8, 4) is 0 Å². The van der Waals surface area contributed by atoms with Crippen molar-refractivity contribution in [1.29, 1.82) is 0 Å². The Hall–Kier alpha value is -1.77. The molecule has 0 aromatic heterocycles. The van der Waals surface area contributed by atoms with E-state index in [0.717, 1.165) is 12.0 Å². The monoisotopic (exact) mass is 397 g/mol. The largest absolute Gasteiger partial charge is 0.241 e. The number of benzene rings is 2. The second-order valence-electron chi connectivity index (χ2n) is 6.42. The number of rotatable bonds is 6. The normalized spacial score (nSPS) is 16.8. The fraction of sp³-hybridized carbons (Fsp3) is 0.333. The zero-order valence-corrected chi connectivity index (χ0v) is 15.9. The van der Waals surface area contributed by atoms with E-state index in [-0.39, 0.29) is 21.4 Å². The number of hydrogen-bond acceptors (Lipinski definition) is 4. The fourth-order valence-corrected chi connectivity index (χ4v) is 5.39. The molecule has 8 heteroatoms. The minimum absolute atomic E-state index is 0.000870. The summed E-state index contributed by atoms with van der Waals surface area (Å²) >= 11 is 0. The van der Waals surface area contributed by atoms with Crippen molar-refractivity contribution >= 4 is 19.9 Å². The van der Waals surface area contributed by atoms with E-state index in [2.05, 4.69) is 4.72 Å². The summed E-state index contributed by atoms with van der Waals surface area (Å²) in [5.41, 5.74) is -0.0281. The number of hydrogen-bond donors (Lipinski definition) is 1. The van der Waals surface area contributed by atoms with E-state index in [1.54, 1.807) is 12.1 Å². The third-order valence-electron chi connectivity index (χ3n) is 4.81. The van der Waals surface area contributed by atoms with Crippen LogP contribution in [0.25, 0.3) is 0 Å². The molecule has 0 spiro atoms. The molecule has 0 radical (unpaired) electrons. The van der Waals surface area contributed by atoms with Crippen LogP contribution in [0.4, 0.5) is 4.39 Å². The van der Waals surface area contributed by atoms with E-state index < -0.39 is 25.4 Å². The predicted molar refractivity (Wildman–Crippen MR) is 96.4 cm³/mol. The van der Waals surface area contributed by atoms with Crippen LogP contribution < -0.4 is 4.72 Å². The highest BCUT2D eigenvalue weighted by Crippen LogP contribution is 2.42. The van der Waals surface area contributed by atoms with Crippen LogP contribution in [-0.2, 0) is 25.4 Å². The van der Waals surface area contributed by atoms with Gasteiger partial charge in [-0.25, -0.2) is 25.9 Å². The summed E-state index contributed by atoms with van der Waals surface area (Å²) in [7, 11) is -7.23. The van der Waals surface area contributed by atoms with Crippen LogP contribution in [0.5, 0.6) is 0 Å². The predicted octanol–water partition coefficient (Wildman–Crippen LogP) is 2.98. The van der Waals surface area contributed by atoms with Crippen molar-refractivity contribution < 1.29 is 21.2 Å². The molecule has 1 aliphatic carbocycles. The van der Waals surface area contributed by atoms with Crippen LogP contribution in [0.15, 0.2) is 58.3 Å². The van der Waals surface area contributed by atoms with Gasteiger partial charge in [0.25, 0.3) is 0 Å². The van der Waals surface area contributed by atoms with Gasteiger partial charge in [0.1, 0.15) is 5.82 Å². The lowest BCUT2D eigenvalue weighted by atomic mass is 9.73. The van der Waals surface area contributed by atoms with E-state index >= 15 is 0 Å². The zero-order chi connectivity index (χ0) is 19.0. The molecule has 3 rings (SSSR count). The minimum Gasteiger partial charge on any atom is -0.224 e. The van der Waals surface area contributed by atoms with Gasteiger partial charge < -0.3 is 0 Å². The molecule has 0 amide bonds. The molecule has 2 aromatic rings. The first kappa shape index (κ1) is 19.0. The molecule has 26 heavy (non-hydrogen) atoms. The van der Waals surface area contributed by atoms with Gasteiger partial charge in [-0.2, -0.15) is 0 Å². The third kappa shape index (κ3) is 3.54. The first-order valence-electron chi connectivity index (χ1n) is 8.31. The molecule has 2 aromatic carbocycles. The highest BCUT2D eigenvalue weighted by Gasteiger charge is 2.42. The fourth-order valence-electron chi connectivity index (χ4n) is 3.06. The van der Waals surface area contributed by atoms with Gasteiger partial charge in [-0.3, -0.25) is 0 Å². The molecule has 0 atom stereocenters. The summed E-state index contributed by atoms with van der Waals surface area (Å²) in [6.45, 7) is 1.53. The Kier molecular flexibility index (Phi) is 4.94. The van der Waals surface area contributed by atoms with Crippen LogP contribution in [0.1, 0.15) is 31.7 Å². The average molecular weight is 397 g/mol. The van der Waals surface area contributed by atoms with Crippen LogP contribution in [0, 0.1) is 5.82 Å². The molecule has 0 aliphatic heterocycles. The van der Waals surface area contributed by atoms with E-state index in [4.69, 9.17) is 0 Å². The van der Waals surface area contributed by atoms with Gasteiger partial charge in [-0.15, -0.1) is 0 Å². The van der Waals surface area contributed by atoms with Crippen molar-refractivity contribution in [1.82, 2.24) is 4.72 Å². The molecule has 0 unspecified atom stereocenters. The number of sulfonamides is 1. The van der Waals surface area contributed by atoms with E-state index in [0.29, 0.717) is 12.8 Å². The molecule has 1 saturated carbocycles. The Morgan fingerprint density at radius 2 is 1.46 bits per heavy atom. The highest BCUT2D eigenvalue weighted by atomic mass is 32.2. The maximum atomic E-state index is 13.2. The lowest BCUT2D eigenvalue weighted by molar-refractivity contribution is 0.224. The van der Waals surface area contributed by atoms with Crippen molar-refractivity contribution in [3.05, 3.63) is 59.9 Å². The van der Waals surface area contributed by atoms with Gasteiger partial charge >= 0.3 is 0 Å². The van der Waals surface area contributed by atoms with Crippen molar-refractivity contribution in [3.63, 3.8) is 0 Å². The lowest BCUT2D eigenvalue weighted by Gasteiger charge is -2.42. The molecule has 5 nitrogen and oxygen atoms in total. The van der Waals surface area contributed by atoms with Crippen molar-refractivity contribution in [2.75, 3.05) is 5.75 Å². The summed E-state index contributed by atoms with van der Waals surface area (Å²) in [6, 6.07) is 11.0. The van der Waals surface area contributed by atoms with Crippen LogP contribution >= 0.6 is 0 Å². The Labute approximate surface area is 153 Å². The van der Waals surface area contributed by atoms with E-state index in [1.807, 2.05) is 0 Å². The Morgan fingerprint density at radius 1 is 0.923 bits per heavy atom. The first-order valence-corrected chi connectivity index (χ1v) is 11.4. The van der Waals surface area contributed by atoms with Gasteiger partial charge in [0, 0.05) is 0 Å². The smallest absolute Gasteiger partial charge is 0.224 e. The molecular formula is C18H20FNO4S2. The van der Waals surface area contributed by atoms with Crippen molar-refractivity contribution in [2.45, 2.75) is 41.5 Å². The zero-order valence-electron chi connectivity index (χ0n) is 14.3. The van der Waals surface area contributed by atoms with Crippen LogP contribution in [0.2, 0.25) is 0 Å². The average Bonchev–Trinajstić information content (AvgIpc) is 2.59. The summed E-state index contributed by atoms with van der Waals surface area (Å²) in [6.07, 6.45) is 2.12. The molecule has 1 aliphatic rings. The molecule has 0 bridgehead atoms. The maximum Gasteiger partial charge on any atom is 0.241 e. The molecule has 0 heterocycles. The first-order chi connectivity index (χ1) is 12.2. The number of nitrogens with one attached hydrogen (secondary N) is 1. The van der Waals surface area contributed by atoms with Gasteiger partial charge in [-0.05, 0) is 61.2 Å². The molecular weight excluding hydrogens is 377 g/mol. The van der Waals surface area contributed by atoms with Crippen LogP contribution in [-0.4, -0.2) is 22.6 Å². The van der Waals surface area contributed by atoms with Gasteiger partial charge in [0.2, 0.25) is 10.0 Å². The molecule has 1 N–H and O–H groups in total. The van der Waals surface area contributed by atoms with Gasteiger partial charge in [0.15, 0.2) is 9.84 Å². The van der Waals surface area contributed by atoms with E-state index in [1.165, 1.54) is 43.3 Å². The van der Waals surface area contributed by atoms with Gasteiger partial charge in [0.05, 0.1) is 21.1 Å². The Balaban J connectivity index is 1.89. The standard InChI is InChI=1S/C18H20FNO4S2/c1-2-25(21,22)16-8-10-17(11-9-16)26(23,24)20-18(12-3-13-18)14-4-6-15(19)7-5-14/h4-11,20H,2-3,12-13H2,1H3. The number of sulfone groups is 1. The summed E-state index contributed by atoms with van der Waals surface area (Å²) in [5.74, 6) is -0.427. The summed E-state index contributed by atoms with van der Waals surface area (Å²) < 4.78 is 65.2. The van der Waals surface area contributed by atoms with Gasteiger partial charge in [-0.1, -0.05) is 19.1 Å². The van der Waals surface area contributed by atoms with E-state index in [9.17, 15) is 21.2 Å². The second kappa shape index (κ2) is 6.75. The quantitative estimate of drug-likeness (QED) is 0.813. The lowest BCUT2D eigenvalue weighted by Crippen LogP contribution is -2.50. The Morgan fingerprint density at radius 3 is 1.92 bits per heavy atom. The molecule has 0 saturated heterocycles. The Bertz CT molecular complexity index is 994. The maximum absolute atomic E-state index is 13.2. The second-order valence-corrected chi connectivity index (χ2v) is 10.4. The minimum atomic E-state index is -3.84. The SMILES string of the molecule is CCS(=O)(=O)c1ccc(S(=O)(=O)NC2(c3ccc(F)cc3)CCC2)cc1.